The number of rotatable bonds is 3. The maximum Gasteiger partial charge on any atom is 0.416 e. The molecular formula is C14H18F3NO2S. The Balaban J connectivity index is 2.38. The fourth-order valence-corrected chi connectivity index (χ4v) is 4.85. The van der Waals surface area contributed by atoms with Crippen LogP contribution < -0.4 is 5.73 Å². The Labute approximate surface area is 122 Å². The van der Waals surface area contributed by atoms with Crippen molar-refractivity contribution >= 4 is 9.84 Å². The number of hydrogen-bond acceptors (Lipinski definition) is 3. The highest BCUT2D eigenvalue weighted by Crippen LogP contribution is 2.39. The minimum atomic E-state index is -4.46. The molecule has 0 radical (unpaired) electrons. The van der Waals surface area contributed by atoms with Crippen molar-refractivity contribution in [2.45, 2.75) is 24.9 Å². The molecule has 1 heterocycles. The third-order valence-corrected chi connectivity index (χ3v) is 5.83. The van der Waals surface area contributed by atoms with Gasteiger partial charge in [-0.15, -0.1) is 0 Å². The lowest BCUT2D eigenvalue weighted by Gasteiger charge is -2.31. The number of alkyl halides is 3. The van der Waals surface area contributed by atoms with Gasteiger partial charge < -0.3 is 5.73 Å². The molecule has 0 aromatic heterocycles. The van der Waals surface area contributed by atoms with E-state index in [4.69, 9.17) is 5.73 Å². The number of benzene rings is 1. The van der Waals surface area contributed by atoms with Gasteiger partial charge in [-0.3, -0.25) is 0 Å². The van der Waals surface area contributed by atoms with Crippen LogP contribution in [0.1, 0.15) is 29.9 Å². The maximum absolute atomic E-state index is 13.1. The Morgan fingerprint density at radius 2 is 1.95 bits per heavy atom. The molecule has 0 amide bonds. The fraction of sp³-hybridized carbons (Fsp3) is 0.571. The van der Waals surface area contributed by atoms with Crippen LogP contribution in [0.25, 0.3) is 0 Å². The van der Waals surface area contributed by atoms with Crippen LogP contribution in [0.15, 0.2) is 24.3 Å². The molecule has 1 aromatic rings. The van der Waals surface area contributed by atoms with E-state index in [0.717, 1.165) is 6.07 Å². The number of hydrogen-bond donors (Lipinski definition) is 1. The zero-order valence-electron chi connectivity index (χ0n) is 11.4. The van der Waals surface area contributed by atoms with Gasteiger partial charge in [-0.2, -0.15) is 13.2 Å². The van der Waals surface area contributed by atoms with Gasteiger partial charge in [0.05, 0.1) is 17.1 Å². The Kier molecular flexibility index (Phi) is 4.63. The predicted octanol–water partition coefficient (Wildman–Crippen LogP) is 2.57. The van der Waals surface area contributed by atoms with Crippen LogP contribution in [0, 0.1) is 5.92 Å². The van der Waals surface area contributed by atoms with Crippen molar-refractivity contribution in [1.29, 1.82) is 0 Å². The molecule has 2 atom stereocenters. The maximum atomic E-state index is 13.1. The van der Waals surface area contributed by atoms with Crippen molar-refractivity contribution in [3.05, 3.63) is 35.4 Å². The van der Waals surface area contributed by atoms with E-state index in [1.807, 2.05) is 0 Å². The molecule has 1 aliphatic rings. The summed E-state index contributed by atoms with van der Waals surface area (Å²) in [5.74, 6) is -0.905. The van der Waals surface area contributed by atoms with Crippen molar-refractivity contribution in [2.24, 2.45) is 11.7 Å². The summed E-state index contributed by atoms with van der Waals surface area (Å²) in [5.41, 5.74) is 5.06. The van der Waals surface area contributed by atoms with E-state index >= 15 is 0 Å². The summed E-state index contributed by atoms with van der Waals surface area (Å²) in [5, 5.41) is 0. The molecule has 1 fully saturated rings. The Hall–Kier alpha value is -1.08. The van der Waals surface area contributed by atoms with Gasteiger partial charge in [0.2, 0.25) is 0 Å². The molecule has 0 bridgehead atoms. The Morgan fingerprint density at radius 3 is 2.52 bits per heavy atom. The molecule has 21 heavy (non-hydrogen) atoms. The topological polar surface area (TPSA) is 60.2 Å². The summed E-state index contributed by atoms with van der Waals surface area (Å²) < 4.78 is 62.8. The first-order chi connectivity index (χ1) is 9.74. The molecule has 0 saturated carbocycles. The minimum absolute atomic E-state index is 0.00722. The molecule has 1 aromatic carbocycles. The quantitative estimate of drug-likeness (QED) is 0.931. The van der Waals surface area contributed by atoms with Crippen molar-refractivity contribution in [2.75, 3.05) is 18.1 Å². The highest BCUT2D eigenvalue weighted by molar-refractivity contribution is 7.91. The lowest BCUT2D eigenvalue weighted by atomic mass is 9.82. The van der Waals surface area contributed by atoms with E-state index in [1.165, 1.54) is 18.2 Å². The van der Waals surface area contributed by atoms with E-state index in [9.17, 15) is 21.6 Å². The van der Waals surface area contributed by atoms with E-state index in [1.54, 1.807) is 0 Å². The van der Waals surface area contributed by atoms with Crippen LogP contribution in [-0.2, 0) is 16.0 Å². The molecule has 2 unspecified atom stereocenters. The van der Waals surface area contributed by atoms with Crippen LogP contribution in [0.3, 0.4) is 0 Å². The number of nitrogens with two attached hydrogens (primary N) is 1. The minimum Gasteiger partial charge on any atom is -0.330 e. The lowest BCUT2D eigenvalue weighted by molar-refractivity contribution is -0.138. The third kappa shape index (κ3) is 3.77. The van der Waals surface area contributed by atoms with Crippen LogP contribution in [0.5, 0.6) is 0 Å². The summed E-state index contributed by atoms with van der Waals surface area (Å²) in [6.07, 6.45) is -3.39. The molecule has 0 spiro atoms. The zero-order valence-corrected chi connectivity index (χ0v) is 12.3. The molecule has 7 heteroatoms. The van der Waals surface area contributed by atoms with Crippen LogP contribution in [0.4, 0.5) is 13.2 Å². The monoisotopic (exact) mass is 321 g/mol. The molecular weight excluding hydrogens is 303 g/mol. The van der Waals surface area contributed by atoms with E-state index in [0.29, 0.717) is 12.8 Å². The van der Waals surface area contributed by atoms with Crippen molar-refractivity contribution in [3.8, 4) is 0 Å². The van der Waals surface area contributed by atoms with Crippen LogP contribution >= 0.6 is 0 Å². The molecule has 2 rings (SSSR count). The highest BCUT2D eigenvalue weighted by atomic mass is 32.2. The molecule has 3 nitrogen and oxygen atoms in total. The van der Waals surface area contributed by atoms with Crippen LogP contribution in [-0.4, -0.2) is 26.5 Å². The second-order valence-electron chi connectivity index (χ2n) is 5.44. The number of halogens is 3. The highest BCUT2D eigenvalue weighted by Gasteiger charge is 2.38. The molecule has 1 saturated heterocycles. The van der Waals surface area contributed by atoms with E-state index in [-0.39, 0.29) is 29.5 Å². The zero-order chi connectivity index (χ0) is 15.7. The Morgan fingerprint density at radius 1 is 1.29 bits per heavy atom. The largest absolute Gasteiger partial charge is 0.416 e. The Bertz CT molecular complexity index is 598. The summed E-state index contributed by atoms with van der Waals surface area (Å²) in [4.78, 5) is 0. The van der Waals surface area contributed by atoms with E-state index in [2.05, 4.69) is 0 Å². The molecule has 1 aliphatic heterocycles. The second kappa shape index (κ2) is 5.96. The van der Waals surface area contributed by atoms with Gasteiger partial charge in [0.25, 0.3) is 0 Å². The van der Waals surface area contributed by atoms with Gasteiger partial charge in [-0.05, 0) is 36.9 Å². The van der Waals surface area contributed by atoms with Crippen molar-refractivity contribution < 1.29 is 21.6 Å². The smallest absolute Gasteiger partial charge is 0.330 e. The second-order valence-corrected chi connectivity index (χ2v) is 7.67. The summed E-state index contributed by atoms with van der Waals surface area (Å²) in [6.45, 7) is 0.00722. The molecule has 2 N–H and O–H groups in total. The van der Waals surface area contributed by atoms with Gasteiger partial charge in [-0.1, -0.05) is 18.2 Å². The first kappa shape index (κ1) is 16.3. The van der Waals surface area contributed by atoms with Gasteiger partial charge in [0, 0.05) is 5.92 Å². The summed E-state index contributed by atoms with van der Waals surface area (Å²) in [6, 6.07) is 5.29. The fourth-order valence-electron chi connectivity index (χ4n) is 3.03. The first-order valence-corrected chi connectivity index (χ1v) is 8.63. The van der Waals surface area contributed by atoms with Crippen LogP contribution in [0.2, 0.25) is 0 Å². The summed E-state index contributed by atoms with van der Waals surface area (Å²) in [7, 11) is -3.18. The number of sulfone groups is 1. The molecule has 118 valence electrons. The lowest BCUT2D eigenvalue weighted by Crippen LogP contribution is -2.33. The van der Waals surface area contributed by atoms with Crippen molar-refractivity contribution in [3.63, 3.8) is 0 Å². The van der Waals surface area contributed by atoms with Gasteiger partial charge in [0.1, 0.15) is 0 Å². The molecule has 0 aliphatic carbocycles. The van der Waals surface area contributed by atoms with Gasteiger partial charge in [-0.25, -0.2) is 8.42 Å². The van der Waals surface area contributed by atoms with Gasteiger partial charge in [0.15, 0.2) is 9.84 Å². The average molecular weight is 321 g/mol. The first-order valence-electron chi connectivity index (χ1n) is 6.81. The third-order valence-electron chi connectivity index (χ3n) is 3.99. The predicted molar refractivity (Wildman–Crippen MR) is 74.6 cm³/mol. The average Bonchev–Trinajstić information content (AvgIpc) is 2.38. The standard InChI is InChI=1S/C14H18F3NO2S/c15-14(16,17)13-6-2-1-5-11(13)12(8-18)10-4-3-7-21(19,20)9-10/h1-2,5-6,10,12H,3-4,7-9,18H2. The SMILES string of the molecule is NCC(c1ccccc1C(F)(F)F)C1CCCS(=O)(=O)C1. The summed E-state index contributed by atoms with van der Waals surface area (Å²) >= 11 is 0. The van der Waals surface area contributed by atoms with Crippen molar-refractivity contribution in [1.82, 2.24) is 0 Å². The normalized spacial score (nSPS) is 23.7. The van der Waals surface area contributed by atoms with E-state index < -0.39 is 27.5 Å². The van der Waals surface area contributed by atoms with Gasteiger partial charge >= 0.3 is 6.18 Å².